The van der Waals surface area contributed by atoms with E-state index >= 15 is 0 Å². The summed E-state index contributed by atoms with van der Waals surface area (Å²) >= 11 is 0. The molecule has 0 aliphatic rings. The van der Waals surface area contributed by atoms with Gasteiger partial charge in [0.15, 0.2) is 0 Å². The third-order valence-corrected chi connectivity index (χ3v) is 2.21. The molecule has 0 fully saturated rings. The van der Waals surface area contributed by atoms with E-state index in [0.29, 0.717) is 6.42 Å². The lowest BCUT2D eigenvalue weighted by Crippen LogP contribution is -2.33. The van der Waals surface area contributed by atoms with E-state index in [4.69, 9.17) is 14.4 Å². The largest absolute Gasteiger partial charge is 0.545 e. The Morgan fingerprint density at radius 3 is 2.26 bits per heavy atom. The fraction of sp³-hybridized carbons (Fsp3) is 0.769. The van der Waals surface area contributed by atoms with E-state index in [9.17, 15) is 4.79 Å². The van der Waals surface area contributed by atoms with Crippen molar-refractivity contribution in [3.63, 3.8) is 0 Å². The molecule has 6 nitrogen and oxygen atoms in total. The molecule has 0 aliphatic heterocycles. The number of hydrogen-bond acceptors (Lipinski definition) is 6. The van der Waals surface area contributed by atoms with Crippen LogP contribution >= 0.6 is 0 Å². The van der Waals surface area contributed by atoms with Crippen LogP contribution in [0.2, 0.25) is 0 Å². The summed E-state index contributed by atoms with van der Waals surface area (Å²) < 4.78 is 10.2. The van der Waals surface area contributed by atoms with Gasteiger partial charge in [-0.2, -0.15) is 4.89 Å². The summed E-state index contributed by atoms with van der Waals surface area (Å²) in [6.45, 7) is 14.4. The third-order valence-electron chi connectivity index (χ3n) is 2.21. The highest BCUT2D eigenvalue weighted by molar-refractivity contribution is 5.59. The van der Waals surface area contributed by atoms with Crippen LogP contribution in [-0.2, 0) is 24.3 Å². The fourth-order valence-corrected chi connectivity index (χ4v) is 0.740. The van der Waals surface area contributed by atoms with E-state index in [1.165, 1.54) is 0 Å². The molecule has 0 unspecified atom stereocenters. The Hall–Kier alpha value is -1.11. The lowest BCUT2D eigenvalue weighted by molar-refractivity contribution is -0.518. The molecular formula is C13H24O6. The molecule has 0 aromatic heterocycles. The minimum absolute atomic E-state index is 0.278. The molecule has 0 radical (unpaired) electrons. The van der Waals surface area contributed by atoms with Gasteiger partial charge < -0.3 is 9.47 Å². The molecule has 19 heavy (non-hydrogen) atoms. The second-order valence-electron chi connectivity index (χ2n) is 5.35. The maximum Gasteiger partial charge on any atom is 0.545 e. The summed E-state index contributed by atoms with van der Waals surface area (Å²) in [4.78, 5) is 20.5. The lowest BCUT2D eigenvalue weighted by atomic mass is 10.1. The Labute approximate surface area is 114 Å². The highest BCUT2D eigenvalue weighted by atomic mass is 17.5. The first-order valence-corrected chi connectivity index (χ1v) is 6.11. The summed E-state index contributed by atoms with van der Waals surface area (Å²) in [6.07, 6.45) is -0.350. The van der Waals surface area contributed by atoms with Gasteiger partial charge in [-0.05, 0) is 32.2 Å². The molecule has 0 rings (SSSR count). The number of hydrogen-bond donors (Lipinski definition) is 0. The molecule has 0 amide bonds. The second kappa shape index (κ2) is 7.47. The molecule has 6 heteroatoms. The number of ether oxygens (including phenoxy) is 2. The highest BCUT2D eigenvalue weighted by Gasteiger charge is 2.26. The van der Waals surface area contributed by atoms with Crippen LogP contribution in [0.25, 0.3) is 0 Å². The fourth-order valence-electron chi connectivity index (χ4n) is 0.740. The SMILES string of the molecule is C=C(C)COC(C)(C)OC(=O)OOOC(C)(C)CC. The Morgan fingerprint density at radius 1 is 1.21 bits per heavy atom. The van der Waals surface area contributed by atoms with E-state index < -0.39 is 17.5 Å². The van der Waals surface area contributed by atoms with Crippen LogP contribution < -0.4 is 0 Å². The van der Waals surface area contributed by atoms with Crippen molar-refractivity contribution in [1.29, 1.82) is 0 Å². The van der Waals surface area contributed by atoms with Crippen molar-refractivity contribution in [1.82, 2.24) is 0 Å². The van der Waals surface area contributed by atoms with E-state index in [2.05, 4.69) is 16.5 Å². The zero-order chi connectivity index (χ0) is 15.1. The van der Waals surface area contributed by atoms with Crippen molar-refractivity contribution >= 4 is 6.16 Å². The maximum atomic E-state index is 11.3. The predicted octanol–water partition coefficient (Wildman–Crippen LogP) is 3.52. The van der Waals surface area contributed by atoms with Crippen molar-refractivity contribution in [2.75, 3.05) is 6.61 Å². The van der Waals surface area contributed by atoms with E-state index in [1.807, 2.05) is 6.92 Å². The normalized spacial score (nSPS) is 12.1. The first-order chi connectivity index (χ1) is 8.58. The van der Waals surface area contributed by atoms with Gasteiger partial charge in [-0.25, -0.2) is 9.68 Å². The molecule has 0 saturated heterocycles. The molecule has 0 bridgehead atoms. The number of rotatable bonds is 8. The number of carbonyl (C=O) groups excluding carboxylic acids is 1. The summed E-state index contributed by atoms with van der Waals surface area (Å²) in [7, 11) is 0. The van der Waals surface area contributed by atoms with Crippen molar-refractivity contribution < 1.29 is 29.1 Å². The second-order valence-corrected chi connectivity index (χ2v) is 5.35. The third kappa shape index (κ3) is 9.47. The first-order valence-electron chi connectivity index (χ1n) is 6.11. The van der Waals surface area contributed by atoms with Crippen LogP contribution in [0.15, 0.2) is 12.2 Å². The van der Waals surface area contributed by atoms with Crippen LogP contribution in [-0.4, -0.2) is 24.2 Å². The van der Waals surface area contributed by atoms with E-state index in [-0.39, 0.29) is 6.61 Å². The van der Waals surface area contributed by atoms with E-state index in [0.717, 1.165) is 5.57 Å². The quantitative estimate of drug-likeness (QED) is 0.222. The van der Waals surface area contributed by atoms with Gasteiger partial charge in [-0.1, -0.05) is 19.1 Å². The monoisotopic (exact) mass is 276 g/mol. The minimum atomic E-state index is -1.14. The minimum Gasteiger partial charge on any atom is -0.400 e. The molecular weight excluding hydrogens is 252 g/mol. The van der Waals surface area contributed by atoms with Gasteiger partial charge in [0.05, 0.1) is 6.61 Å². The van der Waals surface area contributed by atoms with Gasteiger partial charge in [0.1, 0.15) is 5.60 Å². The van der Waals surface area contributed by atoms with Crippen LogP contribution in [0.3, 0.4) is 0 Å². The van der Waals surface area contributed by atoms with Gasteiger partial charge in [-0.3, -0.25) is 0 Å². The van der Waals surface area contributed by atoms with Crippen molar-refractivity contribution in [2.45, 2.75) is 59.4 Å². The topological polar surface area (TPSA) is 63.2 Å². The molecule has 0 heterocycles. The van der Waals surface area contributed by atoms with Crippen LogP contribution in [0.5, 0.6) is 0 Å². The molecule has 0 aromatic carbocycles. The lowest BCUT2D eigenvalue weighted by Gasteiger charge is -2.24. The average Bonchev–Trinajstić information content (AvgIpc) is 2.25. The zero-order valence-corrected chi connectivity index (χ0v) is 12.6. The van der Waals surface area contributed by atoms with Gasteiger partial charge in [0.2, 0.25) is 5.79 Å². The van der Waals surface area contributed by atoms with Crippen LogP contribution in [0.4, 0.5) is 4.79 Å². The Balaban J connectivity index is 4.00. The molecule has 0 aromatic rings. The molecule has 0 N–H and O–H groups in total. The Kier molecular flexibility index (Phi) is 7.04. The zero-order valence-electron chi connectivity index (χ0n) is 12.6. The summed E-state index contributed by atoms with van der Waals surface area (Å²) in [6, 6.07) is 0. The summed E-state index contributed by atoms with van der Waals surface area (Å²) in [5.41, 5.74) is 0.265. The highest BCUT2D eigenvalue weighted by Crippen LogP contribution is 2.16. The number of carbonyl (C=O) groups is 1. The average molecular weight is 276 g/mol. The van der Waals surface area contributed by atoms with Crippen molar-refractivity contribution in [3.8, 4) is 0 Å². The van der Waals surface area contributed by atoms with Gasteiger partial charge >= 0.3 is 6.16 Å². The molecule has 0 saturated carbocycles. The predicted molar refractivity (Wildman–Crippen MR) is 69.0 cm³/mol. The van der Waals surface area contributed by atoms with Crippen LogP contribution in [0, 0.1) is 0 Å². The summed E-state index contributed by atoms with van der Waals surface area (Å²) in [5.74, 6) is -1.14. The van der Waals surface area contributed by atoms with Crippen molar-refractivity contribution in [2.24, 2.45) is 0 Å². The Bertz CT molecular complexity index is 308. The first kappa shape index (κ1) is 17.9. The smallest absolute Gasteiger partial charge is 0.400 e. The molecule has 0 aliphatic carbocycles. The molecule has 0 spiro atoms. The standard InChI is InChI=1S/C13H24O6/c1-8-12(4,5)18-19-17-11(14)16-13(6,7)15-9-10(2)3/h2,8-9H2,1,3-7H3. The summed E-state index contributed by atoms with van der Waals surface area (Å²) in [5, 5.41) is 4.37. The molecule has 112 valence electrons. The van der Waals surface area contributed by atoms with Crippen molar-refractivity contribution in [3.05, 3.63) is 12.2 Å². The Morgan fingerprint density at radius 2 is 1.79 bits per heavy atom. The molecule has 0 atom stereocenters. The van der Waals surface area contributed by atoms with Gasteiger partial charge in [0.25, 0.3) is 0 Å². The maximum absolute atomic E-state index is 11.3. The van der Waals surface area contributed by atoms with E-state index in [1.54, 1.807) is 34.6 Å². The van der Waals surface area contributed by atoms with Crippen LogP contribution in [0.1, 0.15) is 48.0 Å². The van der Waals surface area contributed by atoms with Gasteiger partial charge in [0, 0.05) is 13.8 Å². The van der Waals surface area contributed by atoms with Gasteiger partial charge in [-0.15, -0.1) is 0 Å².